The van der Waals surface area contributed by atoms with Gasteiger partial charge in [0.1, 0.15) is 10.5 Å². The van der Waals surface area contributed by atoms with E-state index in [2.05, 4.69) is 6.26 Å². The highest BCUT2D eigenvalue weighted by Crippen LogP contribution is 2.54. The Hall–Kier alpha value is 0.350. The first-order chi connectivity index (χ1) is 4.84. The molecular weight excluding hydrogens is 140 g/mol. The summed E-state index contributed by atoms with van der Waals surface area (Å²) >= 11 is 0. The SMILES string of the molecule is C[S+]1C2CC3CC(C2)C1C3. The molecule has 5 atom stereocenters. The highest BCUT2D eigenvalue weighted by atomic mass is 32.2. The van der Waals surface area contributed by atoms with Gasteiger partial charge in [-0.3, -0.25) is 0 Å². The Morgan fingerprint density at radius 2 is 2.00 bits per heavy atom. The zero-order valence-corrected chi connectivity index (χ0v) is 7.36. The van der Waals surface area contributed by atoms with Gasteiger partial charge >= 0.3 is 0 Å². The Morgan fingerprint density at radius 3 is 2.70 bits per heavy atom. The predicted molar refractivity (Wildman–Crippen MR) is 46.3 cm³/mol. The summed E-state index contributed by atoms with van der Waals surface area (Å²) in [5.41, 5.74) is 0. The molecule has 0 spiro atoms. The number of hydrogen-bond donors (Lipinski definition) is 0. The molecule has 4 fully saturated rings. The van der Waals surface area contributed by atoms with E-state index in [-0.39, 0.29) is 0 Å². The molecule has 4 rings (SSSR count). The van der Waals surface area contributed by atoms with E-state index in [1.807, 2.05) is 0 Å². The fourth-order valence-corrected chi connectivity index (χ4v) is 6.48. The van der Waals surface area contributed by atoms with Crippen molar-refractivity contribution in [3.8, 4) is 0 Å². The molecule has 2 saturated heterocycles. The Bertz CT molecular complexity index is 160. The molecular formula is C9H15S+. The molecule has 5 unspecified atom stereocenters. The molecule has 0 N–H and O–H groups in total. The van der Waals surface area contributed by atoms with E-state index in [4.69, 9.17) is 0 Å². The third kappa shape index (κ3) is 0.561. The van der Waals surface area contributed by atoms with Gasteiger partial charge in [0.05, 0.1) is 6.26 Å². The summed E-state index contributed by atoms with van der Waals surface area (Å²) in [5, 5.41) is 2.38. The molecule has 0 radical (unpaired) electrons. The smallest absolute Gasteiger partial charge is 0.0423 e. The third-order valence-corrected chi connectivity index (χ3v) is 6.86. The van der Waals surface area contributed by atoms with Crippen molar-refractivity contribution in [3.05, 3.63) is 0 Å². The molecule has 2 aliphatic heterocycles. The lowest BCUT2D eigenvalue weighted by Gasteiger charge is -2.22. The van der Waals surface area contributed by atoms with Crippen molar-refractivity contribution in [3.63, 3.8) is 0 Å². The fraction of sp³-hybridized carbons (Fsp3) is 1.00. The molecule has 10 heavy (non-hydrogen) atoms. The van der Waals surface area contributed by atoms with Gasteiger partial charge in [0.15, 0.2) is 0 Å². The molecule has 0 nitrogen and oxygen atoms in total. The average molecular weight is 155 g/mol. The Labute approximate surface area is 65.7 Å². The summed E-state index contributed by atoms with van der Waals surface area (Å²) in [4.78, 5) is 0. The lowest BCUT2D eigenvalue weighted by molar-refractivity contribution is 0.380. The van der Waals surface area contributed by atoms with Crippen LogP contribution in [0.15, 0.2) is 0 Å². The van der Waals surface area contributed by atoms with Gasteiger partial charge in [-0.05, 0) is 36.1 Å². The van der Waals surface area contributed by atoms with Gasteiger partial charge in [0.2, 0.25) is 0 Å². The van der Waals surface area contributed by atoms with Crippen LogP contribution in [-0.2, 0) is 10.9 Å². The normalized spacial score (nSPS) is 63.9. The maximum atomic E-state index is 2.52. The molecule has 0 aromatic heterocycles. The molecule has 2 aliphatic carbocycles. The lowest BCUT2D eigenvalue weighted by Crippen LogP contribution is -2.28. The van der Waals surface area contributed by atoms with Crippen LogP contribution in [0, 0.1) is 11.8 Å². The van der Waals surface area contributed by atoms with Crippen molar-refractivity contribution in [2.75, 3.05) is 6.26 Å². The summed E-state index contributed by atoms with van der Waals surface area (Å²) in [5.74, 6) is 2.37. The van der Waals surface area contributed by atoms with Crippen LogP contribution in [-0.4, -0.2) is 16.8 Å². The largest absolute Gasteiger partial charge is 0.121 e. The van der Waals surface area contributed by atoms with E-state index in [9.17, 15) is 0 Å². The van der Waals surface area contributed by atoms with E-state index in [1.54, 1.807) is 25.7 Å². The van der Waals surface area contributed by atoms with E-state index >= 15 is 0 Å². The van der Waals surface area contributed by atoms with Gasteiger partial charge in [-0.15, -0.1) is 0 Å². The quantitative estimate of drug-likeness (QED) is 0.468. The van der Waals surface area contributed by atoms with Gasteiger partial charge in [-0.1, -0.05) is 0 Å². The Balaban J connectivity index is 1.99. The van der Waals surface area contributed by atoms with Gasteiger partial charge in [-0.2, -0.15) is 0 Å². The van der Waals surface area contributed by atoms with Crippen LogP contribution >= 0.6 is 0 Å². The maximum Gasteiger partial charge on any atom is 0.121 e. The minimum atomic E-state index is 0.843. The topological polar surface area (TPSA) is 0 Å². The first-order valence-electron chi connectivity index (χ1n) is 4.48. The lowest BCUT2D eigenvalue weighted by atomic mass is 9.89. The zero-order valence-electron chi connectivity index (χ0n) is 6.55. The van der Waals surface area contributed by atoms with Crippen LogP contribution in [0.5, 0.6) is 0 Å². The summed E-state index contributed by atoms with van der Waals surface area (Å²) < 4.78 is 0. The third-order valence-electron chi connectivity index (χ3n) is 3.89. The second kappa shape index (κ2) is 1.74. The van der Waals surface area contributed by atoms with Crippen molar-refractivity contribution in [1.29, 1.82) is 0 Å². The van der Waals surface area contributed by atoms with E-state index < -0.39 is 0 Å². The average Bonchev–Trinajstić information content (AvgIpc) is 2.31. The van der Waals surface area contributed by atoms with Crippen LogP contribution in [0.4, 0.5) is 0 Å². The van der Waals surface area contributed by atoms with E-state index in [0.29, 0.717) is 0 Å². The summed E-state index contributed by atoms with van der Waals surface area (Å²) in [7, 11) is 0.843. The zero-order chi connectivity index (χ0) is 6.72. The monoisotopic (exact) mass is 155 g/mol. The van der Waals surface area contributed by atoms with Gasteiger partial charge in [-0.25, -0.2) is 0 Å². The molecule has 56 valence electrons. The van der Waals surface area contributed by atoms with Crippen molar-refractivity contribution >= 4 is 10.9 Å². The molecule has 0 amide bonds. The second-order valence-electron chi connectivity index (χ2n) is 4.34. The van der Waals surface area contributed by atoms with Crippen molar-refractivity contribution in [2.24, 2.45) is 11.8 Å². The van der Waals surface area contributed by atoms with Gasteiger partial charge in [0, 0.05) is 12.3 Å². The molecule has 2 saturated carbocycles. The molecule has 2 heterocycles. The molecule has 4 bridgehead atoms. The standard InChI is InChI=1S/C9H15S/c1-10-8-3-6-2-7(5-8)9(10)4-6/h6-9H,2-5H2,1H3/q+1. The highest BCUT2D eigenvalue weighted by Gasteiger charge is 2.58. The van der Waals surface area contributed by atoms with Gasteiger partial charge < -0.3 is 0 Å². The van der Waals surface area contributed by atoms with Crippen LogP contribution in [0.1, 0.15) is 25.7 Å². The van der Waals surface area contributed by atoms with Crippen LogP contribution in [0.2, 0.25) is 0 Å². The second-order valence-corrected chi connectivity index (χ2v) is 6.82. The Kier molecular flexibility index (Phi) is 1.03. The minimum absolute atomic E-state index is 0.843. The Morgan fingerprint density at radius 1 is 1.10 bits per heavy atom. The fourth-order valence-electron chi connectivity index (χ4n) is 3.45. The van der Waals surface area contributed by atoms with Crippen molar-refractivity contribution in [1.82, 2.24) is 0 Å². The van der Waals surface area contributed by atoms with E-state index in [1.165, 1.54) is 22.3 Å². The predicted octanol–water partition coefficient (Wildman–Crippen LogP) is 1.81. The highest BCUT2D eigenvalue weighted by molar-refractivity contribution is 7.97. The van der Waals surface area contributed by atoms with E-state index in [0.717, 1.165) is 10.9 Å². The summed E-state index contributed by atoms with van der Waals surface area (Å²) in [6.45, 7) is 0. The first kappa shape index (κ1) is 5.93. The van der Waals surface area contributed by atoms with Crippen LogP contribution in [0.25, 0.3) is 0 Å². The molecule has 1 heteroatoms. The summed E-state index contributed by atoms with van der Waals surface area (Å²) in [6.07, 6.45) is 8.96. The van der Waals surface area contributed by atoms with Crippen LogP contribution < -0.4 is 0 Å². The van der Waals surface area contributed by atoms with Crippen molar-refractivity contribution in [2.45, 2.75) is 36.2 Å². The number of hydrogen-bond acceptors (Lipinski definition) is 0. The number of rotatable bonds is 0. The summed E-state index contributed by atoms with van der Waals surface area (Å²) in [6, 6.07) is 0. The van der Waals surface area contributed by atoms with Crippen molar-refractivity contribution < 1.29 is 0 Å². The molecule has 0 aromatic rings. The van der Waals surface area contributed by atoms with Gasteiger partial charge in [0.25, 0.3) is 0 Å². The van der Waals surface area contributed by atoms with Crippen LogP contribution in [0.3, 0.4) is 0 Å². The maximum absolute atomic E-state index is 2.52. The molecule has 4 aliphatic rings. The molecule has 0 aromatic carbocycles. The first-order valence-corrected chi connectivity index (χ1v) is 6.24. The minimum Gasteiger partial charge on any atom is -0.0423 e.